The van der Waals surface area contributed by atoms with Crippen LogP contribution in [-0.4, -0.2) is 41.6 Å². The van der Waals surface area contributed by atoms with Crippen molar-refractivity contribution >= 4 is 0 Å². The standard InChI is InChI=1S/C18H28N4/c1-14-10-15(2)17(16(3)11-14)13-22-9-7-20-18(22)12-19-6-8-21(4)5/h7,9-11,19H,6,8,12-13H2,1-5H3. The van der Waals surface area contributed by atoms with E-state index in [0.717, 1.165) is 32.0 Å². The normalized spacial score (nSPS) is 11.4. The summed E-state index contributed by atoms with van der Waals surface area (Å²) in [5.74, 6) is 1.10. The zero-order valence-electron chi connectivity index (χ0n) is 14.5. The summed E-state index contributed by atoms with van der Waals surface area (Å²) in [6, 6.07) is 4.52. The third-order valence-corrected chi connectivity index (χ3v) is 3.99. The number of likely N-dealkylation sites (N-methyl/N-ethyl adjacent to an activating group) is 1. The first-order chi connectivity index (χ1) is 10.5. The lowest BCUT2D eigenvalue weighted by Crippen LogP contribution is -2.27. The minimum absolute atomic E-state index is 0.810. The van der Waals surface area contributed by atoms with Gasteiger partial charge >= 0.3 is 0 Å². The van der Waals surface area contributed by atoms with Crippen LogP contribution in [0.25, 0.3) is 0 Å². The van der Waals surface area contributed by atoms with Crippen molar-refractivity contribution < 1.29 is 0 Å². The fourth-order valence-corrected chi connectivity index (χ4v) is 2.78. The van der Waals surface area contributed by atoms with E-state index in [2.05, 4.69) is 73.0 Å². The van der Waals surface area contributed by atoms with Crippen molar-refractivity contribution in [3.05, 3.63) is 52.6 Å². The Morgan fingerprint density at radius 2 is 1.82 bits per heavy atom. The first kappa shape index (κ1) is 16.7. The van der Waals surface area contributed by atoms with Crippen LogP contribution < -0.4 is 5.32 Å². The van der Waals surface area contributed by atoms with Gasteiger partial charge < -0.3 is 14.8 Å². The number of aromatic nitrogens is 2. The monoisotopic (exact) mass is 300 g/mol. The van der Waals surface area contributed by atoms with Crippen molar-refractivity contribution in [1.82, 2.24) is 19.8 Å². The Kier molecular flexibility index (Phi) is 5.75. The Bertz CT molecular complexity index is 590. The molecule has 2 rings (SSSR count). The van der Waals surface area contributed by atoms with Gasteiger partial charge in [-0.25, -0.2) is 4.98 Å². The second-order valence-electron chi connectivity index (χ2n) is 6.33. The van der Waals surface area contributed by atoms with Gasteiger partial charge in [-0.05, 0) is 51.6 Å². The minimum atomic E-state index is 0.810. The van der Waals surface area contributed by atoms with E-state index in [1.54, 1.807) is 0 Å². The van der Waals surface area contributed by atoms with Crippen LogP contribution >= 0.6 is 0 Å². The highest BCUT2D eigenvalue weighted by Gasteiger charge is 2.08. The number of hydrogen-bond donors (Lipinski definition) is 1. The van der Waals surface area contributed by atoms with E-state index in [1.165, 1.54) is 22.3 Å². The second kappa shape index (κ2) is 7.56. The lowest BCUT2D eigenvalue weighted by atomic mass is 10.00. The van der Waals surface area contributed by atoms with Gasteiger partial charge in [-0.15, -0.1) is 0 Å². The third kappa shape index (κ3) is 4.42. The van der Waals surface area contributed by atoms with Crippen molar-refractivity contribution in [3.8, 4) is 0 Å². The molecule has 0 unspecified atom stereocenters. The molecule has 1 aromatic carbocycles. The average molecular weight is 300 g/mol. The molecule has 0 bridgehead atoms. The molecule has 0 fully saturated rings. The molecule has 0 aliphatic heterocycles. The quantitative estimate of drug-likeness (QED) is 0.798. The van der Waals surface area contributed by atoms with Crippen molar-refractivity contribution in [2.45, 2.75) is 33.9 Å². The van der Waals surface area contributed by atoms with Crippen LogP contribution in [0.2, 0.25) is 0 Å². The molecule has 0 amide bonds. The lowest BCUT2D eigenvalue weighted by molar-refractivity contribution is 0.398. The van der Waals surface area contributed by atoms with Gasteiger partial charge in [0.05, 0.1) is 6.54 Å². The summed E-state index contributed by atoms with van der Waals surface area (Å²) >= 11 is 0. The maximum absolute atomic E-state index is 4.49. The van der Waals surface area contributed by atoms with Crippen LogP contribution in [0.3, 0.4) is 0 Å². The van der Waals surface area contributed by atoms with E-state index in [1.807, 2.05) is 6.20 Å². The van der Waals surface area contributed by atoms with E-state index in [4.69, 9.17) is 0 Å². The summed E-state index contributed by atoms with van der Waals surface area (Å²) in [5, 5.41) is 3.46. The highest BCUT2D eigenvalue weighted by Crippen LogP contribution is 2.18. The topological polar surface area (TPSA) is 33.1 Å². The Labute approximate surface area is 134 Å². The largest absolute Gasteiger partial charge is 0.329 e. The Morgan fingerprint density at radius 3 is 2.45 bits per heavy atom. The molecule has 0 radical (unpaired) electrons. The van der Waals surface area contributed by atoms with Gasteiger partial charge in [-0.1, -0.05) is 17.7 Å². The van der Waals surface area contributed by atoms with Crippen molar-refractivity contribution in [2.24, 2.45) is 0 Å². The molecule has 1 N–H and O–H groups in total. The number of rotatable bonds is 7. The molecule has 4 heteroatoms. The van der Waals surface area contributed by atoms with Crippen LogP contribution in [0.1, 0.15) is 28.1 Å². The second-order valence-corrected chi connectivity index (χ2v) is 6.33. The van der Waals surface area contributed by atoms with Crippen molar-refractivity contribution in [1.29, 1.82) is 0 Å². The van der Waals surface area contributed by atoms with Gasteiger partial charge in [-0.3, -0.25) is 0 Å². The fourth-order valence-electron chi connectivity index (χ4n) is 2.78. The van der Waals surface area contributed by atoms with Crippen LogP contribution in [0.15, 0.2) is 24.5 Å². The van der Waals surface area contributed by atoms with Crippen LogP contribution in [0.5, 0.6) is 0 Å². The number of aryl methyl sites for hydroxylation is 3. The van der Waals surface area contributed by atoms with Gasteiger partial charge in [0, 0.05) is 32.0 Å². The molecule has 0 saturated heterocycles. The smallest absolute Gasteiger partial charge is 0.122 e. The number of hydrogen-bond acceptors (Lipinski definition) is 3. The molecule has 4 nitrogen and oxygen atoms in total. The zero-order valence-corrected chi connectivity index (χ0v) is 14.5. The maximum atomic E-state index is 4.49. The number of imidazole rings is 1. The Balaban J connectivity index is 2.04. The molecular weight excluding hydrogens is 272 g/mol. The molecule has 1 aromatic heterocycles. The predicted molar refractivity (Wildman–Crippen MR) is 92.2 cm³/mol. The number of nitrogens with one attached hydrogen (secondary N) is 1. The first-order valence-electron chi connectivity index (χ1n) is 7.89. The summed E-state index contributed by atoms with van der Waals surface area (Å²) in [4.78, 5) is 6.67. The molecule has 1 heterocycles. The van der Waals surface area contributed by atoms with E-state index in [-0.39, 0.29) is 0 Å². The molecule has 0 saturated carbocycles. The van der Waals surface area contributed by atoms with Crippen LogP contribution in [0.4, 0.5) is 0 Å². The molecule has 120 valence electrons. The maximum Gasteiger partial charge on any atom is 0.122 e. The lowest BCUT2D eigenvalue weighted by Gasteiger charge is -2.15. The van der Waals surface area contributed by atoms with Crippen molar-refractivity contribution in [2.75, 3.05) is 27.2 Å². The number of nitrogens with zero attached hydrogens (tertiary/aromatic N) is 3. The van der Waals surface area contributed by atoms with Gasteiger partial charge in [0.2, 0.25) is 0 Å². The fraction of sp³-hybridized carbons (Fsp3) is 0.500. The van der Waals surface area contributed by atoms with Gasteiger partial charge in [0.15, 0.2) is 0 Å². The van der Waals surface area contributed by atoms with Gasteiger partial charge in [0.25, 0.3) is 0 Å². The molecular formula is C18H28N4. The summed E-state index contributed by atoms with van der Waals surface area (Å²) in [7, 11) is 4.18. The predicted octanol–water partition coefficient (Wildman–Crippen LogP) is 2.51. The molecule has 0 aliphatic rings. The average Bonchev–Trinajstić information content (AvgIpc) is 2.86. The van der Waals surface area contributed by atoms with E-state index < -0.39 is 0 Å². The highest BCUT2D eigenvalue weighted by molar-refractivity contribution is 5.37. The van der Waals surface area contributed by atoms with E-state index in [9.17, 15) is 0 Å². The Hall–Kier alpha value is -1.65. The highest BCUT2D eigenvalue weighted by atomic mass is 15.1. The summed E-state index contributed by atoms with van der Waals surface area (Å²) in [6.45, 7) is 10.3. The molecule has 0 spiro atoms. The number of benzene rings is 1. The van der Waals surface area contributed by atoms with E-state index in [0.29, 0.717) is 0 Å². The minimum Gasteiger partial charge on any atom is -0.329 e. The molecule has 22 heavy (non-hydrogen) atoms. The first-order valence-corrected chi connectivity index (χ1v) is 7.89. The molecule has 2 aromatic rings. The van der Waals surface area contributed by atoms with Gasteiger partial charge in [-0.2, -0.15) is 0 Å². The molecule has 0 atom stereocenters. The summed E-state index contributed by atoms with van der Waals surface area (Å²) < 4.78 is 2.24. The third-order valence-electron chi connectivity index (χ3n) is 3.99. The zero-order chi connectivity index (χ0) is 16.1. The van der Waals surface area contributed by atoms with Crippen molar-refractivity contribution in [3.63, 3.8) is 0 Å². The summed E-state index contributed by atoms with van der Waals surface area (Å²) in [6.07, 6.45) is 3.96. The van der Waals surface area contributed by atoms with Crippen LogP contribution in [-0.2, 0) is 13.1 Å². The summed E-state index contributed by atoms with van der Waals surface area (Å²) in [5.41, 5.74) is 5.45. The van der Waals surface area contributed by atoms with Crippen LogP contribution in [0, 0.1) is 20.8 Å². The van der Waals surface area contributed by atoms with E-state index >= 15 is 0 Å². The SMILES string of the molecule is Cc1cc(C)c(Cn2ccnc2CNCCN(C)C)c(C)c1. The molecule has 0 aliphatic carbocycles. The van der Waals surface area contributed by atoms with Gasteiger partial charge in [0.1, 0.15) is 5.82 Å². The Morgan fingerprint density at radius 1 is 1.14 bits per heavy atom.